The van der Waals surface area contributed by atoms with Gasteiger partial charge in [-0.3, -0.25) is 9.59 Å². The van der Waals surface area contributed by atoms with Crippen molar-refractivity contribution in [2.24, 2.45) is 0 Å². The fourth-order valence-corrected chi connectivity index (χ4v) is 4.32. The minimum absolute atomic E-state index is 0.203. The molecule has 3 rings (SSSR count). The standard InChI is InChI=1S/C21H24N2O6S/c1-4-28-21(27)17-12(2)18(22-13(17)3)15(24)11-29-20(26)14-7-5-9-23(14)19(25)16-8-6-10-30-16/h6,8,10,14,22H,4-5,7,9,11H2,1-3H3. The summed E-state index contributed by atoms with van der Waals surface area (Å²) in [6.45, 7) is 5.25. The summed E-state index contributed by atoms with van der Waals surface area (Å²) in [4.78, 5) is 54.8. The highest BCUT2D eigenvalue weighted by molar-refractivity contribution is 7.12. The number of ether oxygens (including phenoxy) is 2. The van der Waals surface area contributed by atoms with Crippen molar-refractivity contribution in [3.63, 3.8) is 0 Å². The van der Waals surface area contributed by atoms with Crippen LogP contribution < -0.4 is 0 Å². The highest BCUT2D eigenvalue weighted by Crippen LogP contribution is 2.24. The molecule has 0 aliphatic carbocycles. The van der Waals surface area contributed by atoms with Gasteiger partial charge in [0.05, 0.1) is 22.7 Å². The molecule has 0 saturated carbocycles. The number of amides is 1. The number of likely N-dealkylation sites (tertiary alicyclic amines) is 1. The molecule has 1 aliphatic heterocycles. The number of nitrogens with one attached hydrogen (secondary N) is 1. The van der Waals surface area contributed by atoms with Gasteiger partial charge in [0.1, 0.15) is 6.04 Å². The highest BCUT2D eigenvalue weighted by Gasteiger charge is 2.36. The third-order valence-corrected chi connectivity index (χ3v) is 5.92. The number of rotatable bonds is 7. The van der Waals surface area contributed by atoms with Crippen molar-refractivity contribution < 1.29 is 28.7 Å². The molecule has 0 radical (unpaired) electrons. The Hall–Kier alpha value is -2.94. The van der Waals surface area contributed by atoms with Gasteiger partial charge in [-0.15, -0.1) is 11.3 Å². The summed E-state index contributed by atoms with van der Waals surface area (Å²) in [6, 6.07) is 2.80. The maximum absolute atomic E-state index is 12.6. The molecule has 1 atom stereocenters. The number of aromatic amines is 1. The summed E-state index contributed by atoms with van der Waals surface area (Å²) in [6.07, 6.45) is 1.19. The average Bonchev–Trinajstić information content (AvgIpc) is 3.46. The number of hydrogen-bond acceptors (Lipinski definition) is 7. The van der Waals surface area contributed by atoms with E-state index in [0.29, 0.717) is 41.1 Å². The molecular formula is C21H24N2O6S. The molecule has 0 aromatic carbocycles. The average molecular weight is 432 g/mol. The maximum Gasteiger partial charge on any atom is 0.340 e. The van der Waals surface area contributed by atoms with Crippen LogP contribution in [0, 0.1) is 13.8 Å². The van der Waals surface area contributed by atoms with Crippen molar-refractivity contribution in [1.29, 1.82) is 0 Å². The number of nitrogens with zero attached hydrogens (tertiary/aromatic N) is 1. The van der Waals surface area contributed by atoms with E-state index in [9.17, 15) is 19.2 Å². The Balaban J connectivity index is 1.65. The van der Waals surface area contributed by atoms with E-state index in [0.717, 1.165) is 0 Å². The molecule has 9 heteroatoms. The van der Waals surface area contributed by atoms with Crippen LogP contribution in [0.2, 0.25) is 0 Å². The van der Waals surface area contributed by atoms with Crippen LogP contribution in [-0.2, 0) is 14.3 Å². The third-order valence-electron chi connectivity index (χ3n) is 5.06. The summed E-state index contributed by atoms with van der Waals surface area (Å²) in [5, 5.41) is 1.81. The monoisotopic (exact) mass is 432 g/mol. The number of aromatic nitrogens is 1. The quantitative estimate of drug-likeness (QED) is 0.533. The van der Waals surface area contributed by atoms with Gasteiger partial charge >= 0.3 is 11.9 Å². The van der Waals surface area contributed by atoms with E-state index < -0.39 is 30.4 Å². The van der Waals surface area contributed by atoms with E-state index in [4.69, 9.17) is 9.47 Å². The van der Waals surface area contributed by atoms with E-state index in [-0.39, 0.29) is 18.2 Å². The first kappa shape index (κ1) is 21.8. The lowest BCUT2D eigenvalue weighted by molar-refractivity contribution is -0.147. The predicted molar refractivity (Wildman–Crippen MR) is 110 cm³/mol. The fourth-order valence-electron chi connectivity index (χ4n) is 3.64. The summed E-state index contributed by atoms with van der Waals surface area (Å²) in [7, 11) is 0. The van der Waals surface area contributed by atoms with Gasteiger partial charge in [0.25, 0.3) is 5.91 Å². The zero-order valence-corrected chi connectivity index (χ0v) is 18.0. The Morgan fingerprint density at radius 3 is 2.67 bits per heavy atom. The van der Waals surface area contributed by atoms with E-state index in [1.165, 1.54) is 16.2 Å². The molecule has 1 saturated heterocycles. The van der Waals surface area contributed by atoms with Crippen LogP contribution in [-0.4, -0.2) is 59.3 Å². The van der Waals surface area contributed by atoms with Crippen molar-refractivity contribution >= 4 is 35.0 Å². The van der Waals surface area contributed by atoms with Gasteiger partial charge in [0.2, 0.25) is 5.78 Å². The minimum Gasteiger partial charge on any atom is -0.462 e. The van der Waals surface area contributed by atoms with Crippen molar-refractivity contribution in [2.45, 2.75) is 39.7 Å². The second-order valence-corrected chi connectivity index (χ2v) is 7.96. The van der Waals surface area contributed by atoms with Gasteiger partial charge < -0.3 is 19.4 Å². The van der Waals surface area contributed by atoms with E-state index in [1.807, 2.05) is 0 Å². The first-order valence-corrected chi connectivity index (χ1v) is 10.6. The SMILES string of the molecule is CCOC(=O)c1c(C)[nH]c(C(=O)COC(=O)C2CCCN2C(=O)c2cccs2)c1C. The number of hydrogen-bond donors (Lipinski definition) is 1. The number of H-pyrrole nitrogens is 1. The predicted octanol–water partition coefficient (Wildman–Crippen LogP) is 2.90. The molecule has 0 spiro atoms. The lowest BCUT2D eigenvalue weighted by atomic mass is 10.1. The normalized spacial score (nSPS) is 15.8. The van der Waals surface area contributed by atoms with E-state index in [2.05, 4.69) is 4.98 Å². The number of carbonyl (C=O) groups is 4. The molecule has 160 valence electrons. The van der Waals surface area contributed by atoms with E-state index >= 15 is 0 Å². The lowest BCUT2D eigenvalue weighted by Gasteiger charge is -2.22. The molecule has 0 bridgehead atoms. The van der Waals surface area contributed by atoms with Crippen LogP contribution in [0.4, 0.5) is 0 Å². The first-order valence-electron chi connectivity index (χ1n) is 9.75. The molecule has 1 aliphatic rings. The zero-order chi connectivity index (χ0) is 21.8. The first-order chi connectivity index (χ1) is 14.3. The maximum atomic E-state index is 12.6. The molecule has 1 amide bonds. The van der Waals surface area contributed by atoms with Gasteiger partial charge in [0, 0.05) is 12.2 Å². The van der Waals surface area contributed by atoms with Crippen molar-refractivity contribution in [3.8, 4) is 0 Å². The van der Waals surface area contributed by atoms with Crippen molar-refractivity contribution in [1.82, 2.24) is 9.88 Å². The smallest absolute Gasteiger partial charge is 0.340 e. The van der Waals surface area contributed by atoms with Crippen LogP contribution in [0.5, 0.6) is 0 Å². The van der Waals surface area contributed by atoms with Crippen molar-refractivity contribution in [3.05, 3.63) is 44.9 Å². The van der Waals surface area contributed by atoms with Crippen LogP contribution in [0.1, 0.15) is 61.5 Å². The topological polar surface area (TPSA) is 106 Å². The highest BCUT2D eigenvalue weighted by atomic mass is 32.1. The molecule has 1 fully saturated rings. The Morgan fingerprint density at radius 2 is 2.00 bits per heavy atom. The van der Waals surface area contributed by atoms with Crippen LogP contribution in [0.15, 0.2) is 17.5 Å². The van der Waals surface area contributed by atoms with Gasteiger partial charge in [-0.25, -0.2) is 9.59 Å². The van der Waals surface area contributed by atoms with Crippen LogP contribution in [0.25, 0.3) is 0 Å². The van der Waals surface area contributed by atoms with Gasteiger partial charge in [0.15, 0.2) is 6.61 Å². The molecule has 1 unspecified atom stereocenters. The van der Waals surface area contributed by atoms with Crippen molar-refractivity contribution in [2.75, 3.05) is 19.8 Å². The molecule has 2 aromatic heterocycles. The lowest BCUT2D eigenvalue weighted by Crippen LogP contribution is -2.41. The second kappa shape index (κ2) is 9.25. The van der Waals surface area contributed by atoms with Crippen LogP contribution in [0.3, 0.4) is 0 Å². The van der Waals surface area contributed by atoms with Gasteiger partial charge in [-0.2, -0.15) is 0 Å². The van der Waals surface area contributed by atoms with E-state index in [1.54, 1.807) is 38.3 Å². The summed E-state index contributed by atoms with van der Waals surface area (Å²) in [5.41, 5.74) is 1.50. The summed E-state index contributed by atoms with van der Waals surface area (Å²) in [5.74, 6) is -1.76. The number of ketones is 1. The third kappa shape index (κ3) is 4.30. The molecule has 2 aromatic rings. The number of carbonyl (C=O) groups excluding carboxylic acids is 4. The summed E-state index contributed by atoms with van der Waals surface area (Å²) >= 11 is 1.32. The van der Waals surface area contributed by atoms with Gasteiger partial charge in [-0.05, 0) is 50.6 Å². The minimum atomic E-state index is -0.700. The Bertz CT molecular complexity index is 963. The number of thiophene rings is 1. The second-order valence-electron chi connectivity index (χ2n) is 7.01. The largest absolute Gasteiger partial charge is 0.462 e. The zero-order valence-electron chi connectivity index (χ0n) is 17.1. The summed E-state index contributed by atoms with van der Waals surface area (Å²) < 4.78 is 10.3. The fraction of sp³-hybridized carbons (Fsp3) is 0.429. The molecule has 8 nitrogen and oxygen atoms in total. The Morgan fingerprint density at radius 1 is 1.23 bits per heavy atom. The van der Waals surface area contributed by atoms with Gasteiger partial charge in [-0.1, -0.05) is 6.07 Å². The van der Waals surface area contributed by atoms with Crippen LogP contribution >= 0.6 is 11.3 Å². The number of esters is 2. The number of Topliss-reactive ketones (excluding diaryl/α,β-unsaturated/α-hetero) is 1. The number of aryl methyl sites for hydroxylation is 1. The Labute approximate surface area is 178 Å². The molecule has 1 N–H and O–H groups in total. The molecular weight excluding hydrogens is 408 g/mol. The Kier molecular flexibility index (Phi) is 6.71. The molecule has 30 heavy (non-hydrogen) atoms. The molecule has 3 heterocycles.